The normalized spacial score (nSPS) is 14.0. The van der Waals surface area contributed by atoms with E-state index in [1.807, 2.05) is 24.9 Å². The maximum absolute atomic E-state index is 7.40. The van der Waals surface area contributed by atoms with Crippen LogP contribution in [0.3, 0.4) is 0 Å². The Morgan fingerprint density at radius 3 is 2.74 bits per heavy atom. The molecule has 1 aliphatic heterocycles. The van der Waals surface area contributed by atoms with Gasteiger partial charge in [-0.15, -0.1) is 0 Å². The van der Waals surface area contributed by atoms with Crippen LogP contribution in [-0.2, 0) is 6.54 Å². The first-order chi connectivity index (χ1) is 11.3. The first-order valence-corrected chi connectivity index (χ1v) is 7.98. The van der Waals surface area contributed by atoms with E-state index in [0.717, 1.165) is 30.1 Å². The van der Waals surface area contributed by atoms with Crippen molar-refractivity contribution in [2.45, 2.75) is 19.9 Å². The molecule has 1 aliphatic rings. The molecule has 0 saturated carbocycles. The summed E-state index contributed by atoms with van der Waals surface area (Å²) in [4.78, 5) is 2.19. The highest BCUT2D eigenvalue weighted by Gasteiger charge is 2.22. The minimum atomic E-state index is 0.164. The van der Waals surface area contributed by atoms with E-state index >= 15 is 0 Å². The fraction of sp³-hybridized carbons (Fsp3) is 0.263. The standard InChI is InChI=1S/C19H22N3O/c1-2-15(11-20)13-23-18-10-6-9-17-19(18)21-14-22(17)12-16-7-4-3-5-8-16/h3-11,14-15,20-21H,2,12-13H2,1H3. The Kier molecular flexibility index (Phi) is 4.81. The number of nitrogens with zero attached hydrogens (tertiary/aromatic N) is 1. The smallest absolute Gasteiger partial charge is 0.144 e. The zero-order chi connectivity index (χ0) is 16.1. The van der Waals surface area contributed by atoms with Crippen molar-refractivity contribution in [1.29, 1.82) is 5.41 Å². The Bertz CT molecular complexity index is 657. The van der Waals surface area contributed by atoms with Crippen molar-refractivity contribution in [2.24, 2.45) is 5.92 Å². The van der Waals surface area contributed by atoms with Gasteiger partial charge in [-0.1, -0.05) is 43.3 Å². The van der Waals surface area contributed by atoms with E-state index in [9.17, 15) is 0 Å². The Morgan fingerprint density at radius 1 is 1.17 bits per heavy atom. The highest BCUT2D eigenvalue weighted by molar-refractivity contribution is 5.82. The SMILES string of the molecule is CCC(C=N)COc1cccc2c1N[CH]N2Cc1ccccc1. The van der Waals surface area contributed by atoms with Crippen LogP contribution in [0, 0.1) is 18.0 Å². The third-order valence-corrected chi connectivity index (χ3v) is 4.09. The quantitative estimate of drug-likeness (QED) is 0.750. The van der Waals surface area contributed by atoms with Gasteiger partial charge in [-0.05, 0) is 24.1 Å². The number of para-hydroxylation sites is 1. The molecule has 0 bridgehead atoms. The number of anilines is 2. The van der Waals surface area contributed by atoms with Gasteiger partial charge in [0.15, 0.2) is 0 Å². The third kappa shape index (κ3) is 3.47. The number of benzene rings is 2. The van der Waals surface area contributed by atoms with Crippen molar-refractivity contribution in [3.8, 4) is 5.75 Å². The second-order valence-electron chi connectivity index (χ2n) is 5.68. The van der Waals surface area contributed by atoms with Gasteiger partial charge in [0.25, 0.3) is 0 Å². The first-order valence-electron chi connectivity index (χ1n) is 7.98. The molecular weight excluding hydrogens is 286 g/mol. The van der Waals surface area contributed by atoms with Crippen molar-refractivity contribution in [3.63, 3.8) is 0 Å². The molecule has 119 valence electrons. The van der Waals surface area contributed by atoms with Crippen LogP contribution >= 0.6 is 0 Å². The number of rotatable bonds is 7. The molecule has 2 N–H and O–H groups in total. The Hall–Kier alpha value is -2.49. The van der Waals surface area contributed by atoms with Crippen LogP contribution in [0.5, 0.6) is 5.75 Å². The highest BCUT2D eigenvalue weighted by Crippen LogP contribution is 2.41. The fourth-order valence-corrected chi connectivity index (χ4v) is 2.63. The maximum atomic E-state index is 7.40. The molecule has 0 amide bonds. The lowest BCUT2D eigenvalue weighted by Crippen LogP contribution is -2.16. The van der Waals surface area contributed by atoms with Crippen molar-refractivity contribution in [3.05, 3.63) is 60.8 Å². The average molecular weight is 308 g/mol. The Balaban J connectivity index is 1.73. The molecule has 4 nitrogen and oxygen atoms in total. The van der Waals surface area contributed by atoms with Gasteiger partial charge >= 0.3 is 0 Å². The van der Waals surface area contributed by atoms with Gasteiger partial charge in [-0.25, -0.2) is 0 Å². The Morgan fingerprint density at radius 2 is 2.00 bits per heavy atom. The van der Waals surface area contributed by atoms with Crippen molar-refractivity contribution in [2.75, 3.05) is 16.8 Å². The van der Waals surface area contributed by atoms with Crippen LogP contribution in [-0.4, -0.2) is 12.8 Å². The molecule has 23 heavy (non-hydrogen) atoms. The van der Waals surface area contributed by atoms with Crippen molar-refractivity contribution < 1.29 is 4.74 Å². The molecule has 2 aromatic carbocycles. The molecule has 3 rings (SSSR count). The van der Waals surface area contributed by atoms with E-state index in [-0.39, 0.29) is 5.92 Å². The molecule has 0 fully saturated rings. The molecule has 0 aliphatic carbocycles. The predicted molar refractivity (Wildman–Crippen MR) is 95.0 cm³/mol. The van der Waals surface area contributed by atoms with Crippen molar-refractivity contribution >= 4 is 17.6 Å². The zero-order valence-corrected chi connectivity index (χ0v) is 13.3. The van der Waals surface area contributed by atoms with E-state index in [1.165, 1.54) is 11.8 Å². The van der Waals surface area contributed by atoms with Crippen LogP contribution in [0.1, 0.15) is 18.9 Å². The largest absolute Gasteiger partial charge is 0.491 e. The topological polar surface area (TPSA) is 48.4 Å². The van der Waals surface area contributed by atoms with Crippen molar-refractivity contribution in [1.82, 2.24) is 0 Å². The van der Waals surface area contributed by atoms with Gasteiger partial charge in [-0.2, -0.15) is 0 Å². The molecule has 1 heterocycles. The Labute approximate surface area is 137 Å². The zero-order valence-electron chi connectivity index (χ0n) is 13.3. The van der Waals surface area contributed by atoms with E-state index in [4.69, 9.17) is 10.1 Å². The number of fused-ring (bicyclic) bond motifs is 1. The molecule has 4 heteroatoms. The number of ether oxygens (including phenoxy) is 1. The lowest BCUT2D eigenvalue weighted by Gasteiger charge is -2.18. The summed E-state index contributed by atoms with van der Waals surface area (Å²) < 4.78 is 5.93. The average Bonchev–Trinajstić information content (AvgIpc) is 3.00. The van der Waals surface area contributed by atoms with Gasteiger partial charge < -0.3 is 20.4 Å². The molecular formula is C19H22N3O. The van der Waals surface area contributed by atoms with Crippen LogP contribution < -0.4 is 15.0 Å². The van der Waals surface area contributed by atoms with Gasteiger partial charge in [0.1, 0.15) is 18.1 Å². The minimum absolute atomic E-state index is 0.164. The summed E-state index contributed by atoms with van der Waals surface area (Å²) in [5.41, 5.74) is 3.39. The maximum Gasteiger partial charge on any atom is 0.144 e. The highest BCUT2D eigenvalue weighted by atomic mass is 16.5. The van der Waals surface area contributed by atoms with Gasteiger partial charge in [0.2, 0.25) is 0 Å². The third-order valence-electron chi connectivity index (χ3n) is 4.09. The number of nitrogens with one attached hydrogen (secondary N) is 2. The summed E-state index contributed by atoms with van der Waals surface area (Å²) >= 11 is 0. The summed E-state index contributed by atoms with van der Waals surface area (Å²) in [7, 11) is 0. The minimum Gasteiger partial charge on any atom is -0.491 e. The molecule has 2 aromatic rings. The lowest BCUT2D eigenvalue weighted by molar-refractivity contribution is 0.285. The molecule has 0 spiro atoms. The van der Waals surface area contributed by atoms with Crippen LogP contribution in [0.4, 0.5) is 11.4 Å². The van der Waals surface area contributed by atoms with E-state index in [0.29, 0.717) is 6.61 Å². The first kappa shape index (κ1) is 15.4. The second-order valence-corrected chi connectivity index (χ2v) is 5.68. The number of hydrogen-bond acceptors (Lipinski definition) is 4. The summed E-state index contributed by atoms with van der Waals surface area (Å²) in [5, 5.41) is 10.7. The molecule has 0 saturated heterocycles. The van der Waals surface area contributed by atoms with Gasteiger partial charge in [-0.3, -0.25) is 0 Å². The van der Waals surface area contributed by atoms with Crippen LogP contribution in [0.15, 0.2) is 48.5 Å². The molecule has 0 aromatic heterocycles. The van der Waals surface area contributed by atoms with Crippen LogP contribution in [0.2, 0.25) is 0 Å². The summed E-state index contributed by atoms with van der Waals surface area (Å²) in [5.74, 6) is 1.01. The molecule has 1 unspecified atom stereocenters. The van der Waals surface area contributed by atoms with Gasteiger partial charge in [0, 0.05) is 18.7 Å². The van der Waals surface area contributed by atoms with E-state index < -0.39 is 0 Å². The summed E-state index contributed by atoms with van der Waals surface area (Å²) in [6.45, 7) is 5.42. The fourth-order valence-electron chi connectivity index (χ4n) is 2.63. The second kappa shape index (κ2) is 7.18. The predicted octanol–water partition coefficient (Wildman–Crippen LogP) is 4.29. The van der Waals surface area contributed by atoms with E-state index in [1.54, 1.807) is 0 Å². The monoisotopic (exact) mass is 308 g/mol. The molecule has 1 atom stereocenters. The molecule has 1 radical (unpaired) electrons. The number of hydrogen-bond donors (Lipinski definition) is 2. The summed E-state index contributed by atoms with van der Waals surface area (Å²) in [6, 6.07) is 16.5. The van der Waals surface area contributed by atoms with Crippen LogP contribution in [0.25, 0.3) is 0 Å². The van der Waals surface area contributed by atoms with E-state index in [2.05, 4.69) is 47.5 Å². The lowest BCUT2D eigenvalue weighted by atomic mass is 10.1. The van der Waals surface area contributed by atoms with Gasteiger partial charge in [0.05, 0.1) is 12.3 Å². The summed E-state index contributed by atoms with van der Waals surface area (Å²) in [6.07, 6.45) is 2.38.